The zero-order chi connectivity index (χ0) is 15.8. The Bertz CT molecular complexity index is 717. The van der Waals surface area contributed by atoms with Crippen molar-refractivity contribution in [3.63, 3.8) is 0 Å². The molecule has 0 radical (unpaired) electrons. The maximum Gasteiger partial charge on any atom is 0.299 e. The molecule has 1 aliphatic heterocycles. The molecule has 1 aliphatic rings. The molecular weight excluding hydrogens is 365 g/mol. The summed E-state index contributed by atoms with van der Waals surface area (Å²) < 4.78 is 36.5. The smallest absolute Gasteiger partial charge is 0.299 e. The Balaban J connectivity index is 2.21. The van der Waals surface area contributed by atoms with E-state index < -0.39 is 27.3 Å². The summed E-state index contributed by atoms with van der Waals surface area (Å²) in [5.41, 5.74) is 0.325. The zero-order valence-electron chi connectivity index (χ0n) is 11.2. The van der Waals surface area contributed by atoms with Crippen LogP contribution in [0.5, 0.6) is 0 Å². The average molecular weight is 378 g/mol. The number of carbonyl (C=O) groups excluding carboxylic acids is 2. The van der Waals surface area contributed by atoms with Crippen LogP contribution in [0.3, 0.4) is 0 Å². The Kier molecular flexibility index (Phi) is 4.48. The minimum atomic E-state index is -3.14. The molecule has 0 saturated heterocycles. The normalized spacial score (nSPS) is 14.7. The lowest BCUT2D eigenvalue weighted by molar-refractivity contribution is -0.114. The molecule has 1 amide bonds. The predicted molar refractivity (Wildman–Crippen MR) is 79.7 cm³/mol. The molecule has 0 bridgehead atoms. The Morgan fingerprint density at radius 1 is 1.29 bits per heavy atom. The second-order valence-corrected chi connectivity index (χ2v) is 7.99. The number of nitrogens with zero attached hydrogens (tertiary/aromatic N) is 1. The molecule has 2 rings (SSSR count). The molecule has 0 saturated carbocycles. The summed E-state index contributed by atoms with van der Waals surface area (Å²) in [7, 11) is -3.14. The maximum absolute atomic E-state index is 13.6. The van der Waals surface area contributed by atoms with Crippen molar-refractivity contribution in [1.29, 1.82) is 0 Å². The van der Waals surface area contributed by atoms with Crippen molar-refractivity contribution in [2.24, 2.45) is 0 Å². The highest BCUT2D eigenvalue weighted by Crippen LogP contribution is 2.33. The number of fused-ring (bicyclic) bond motifs is 1. The Morgan fingerprint density at radius 3 is 2.57 bits per heavy atom. The number of ketones is 1. The maximum atomic E-state index is 13.6. The van der Waals surface area contributed by atoms with E-state index >= 15 is 0 Å². The first-order valence-electron chi connectivity index (χ1n) is 6.32. The van der Waals surface area contributed by atoms with Crippen LogP contribution < -0.4 is 4.90 Å². The van der Waals surface area contributed by atoms with E-state index in [4.69, 9.17) is 0 Å². The van der Waals surface area contributed by atoms with E-state index in [-0.39, 0.29) is 40.2 Å². The number of rotatable bonds is 5. The molecule has 0 aliphatic carbocycles. The first-order chi connectivity index (χ1) is 9.76. The highest BCUT2D eigenvalue weighted by atomic mass is 79.9. The van der Waals surface area contributed by atoms with Crippen LogP contribution in [-0.2, 0) is 14.6 Å². The van der Waals surface area contributed by atoms with Crippen LogP contribution in [0.4, 0.5) is 10.1 Å². The van der Waals surface area contributed by atoms with Gasteiger partial charge in [-0.05, 0) is 34.5 Å². The lowest BCUT2D eigenvalue weighted by Crippen LogP contribution is -2.31. The summed E-state index contributed by atoms with van der Waals surface area (Å²) in [4.78, 5) is 24.9. The average Bonchev–Trinajstić information content (AvgIpc) is 2.65. The molecule has 8 heteroatoms. The quantitative estimate of drug-likeness (QED) is 0.735. The molecule has 0 unspecified atom stereocenters. The van der Waals surface area contributed by atoms with Crippen LogP contribution >= 0.6 is 15.9 Å². The Hall–Kier alpha value is -1.28. The number of Topliss-reactive ketones (excluding diaryl/α,β-unsaturated/α-hetero) is 1. The monoisotopic (exact) mass is 377 g/mol. The lowest BCUT2D eigenvalue weighted by Gasteiger charge is -2.16. The first-order valence-corrected chi connectivity index (χ1v) is 8.94. The number of hydrogen-bond donors (Lipinski definition) is 0. The first kappa shape index (κ1) is 16.1. The van der Waals surface area contributed by atoms with Crippen molar-refractivity contribution in [3.05, 3.63) is 28.0 Å². The number of hydrogen-bond acceptors (Lipinski definition) is 4. The number of halogens is 2. The fourth-order valence-corrected chi connectivity index (χ4v) is 3.30. The fourth-order valence-electron chi connectivity index (χ4n) is 2.10. The van der Waals surface area contributed by atoms with E-state index in [1.165, 1.54) is 6.07 Å². The highest BCUT2D eigenvalue weighted by molar-refractivity contribution is 9.10. The largest absolute Gasteiger partial charge is 0.305 e. The van der Waals surface area contributed by atoms with Gasteiger partial charge in [-0.3, -0.25) is 9.59 Å². The van der Waals surface area contributed by atoms with Gasteiger partial charge in [0.05, 0.1) is 21.5 Å². The summed E-state index contributed by atoms with van der Waals surface area (Å²) in [6, 6.07) is 2.38. The van der Waals surface area contributed by atoms with Gasteiger partial charge in [-0.2, -0.15) is 0 Å². The number of amides is 1. The van der Waals surface area contributed by atoms with Gasteiger partial charge in [0.1, 0.15) is 15.7 Å². The van der Waals surface area contributed by atoms with Crippen LogP contribution in [0.25, 0.3) is 0 Å². The summed E-state index contributed by atoms with van der Waals surface area (Å²) >= 11 is 2.97. The van der Waals surface area contributed by atoms with Gasteiger partial charge in [0.2, 0.25) is 0 Å². The van der Waals surface area contributed by atoms with Gasteiger partial charge in [0.25, 0.3) is 11.7 Å². The molecule has 1 aromatic rings. The molecule has 0 N–H and O–H groups in total. The standard InChI is InChI=1S/C13H13BrFNO4S/c1-2-21(19,20)5-3-4-16-11-7-10(15)9(14)6-8(11)12(17)13(16)18/h6-7H,2-5H2,1H3. The van der Waals surface area contributed by atoms with Gasteiger partial charge in [-0.15, -0.1) is 0 Å². The van der Waals surface area contributed by atoms with Crippen molar-refractivity contribution in [2.45, 2.75) is 13.3 Å². The molecular formula is C13H13BrFNO4S. The number of anilines is 1. The topological polar surface area (TPSA) is 71.5 Å². The third kappa shape index (κ3) is 3.16. The predicted octanol–water partition coefficient (Wildman–Crippen LogP) is 1.94. The molecule has 0 aromatic heterocycles. The minimum absolute atomic E-state index is 0.0258. The lowest BCUT2D eigenvalue weighted by atomic mass is 10.1. The van der Waals surface area contributed by atoms with E-state index in [1.807, 2.05) is 0 Å². The van der Waals surface area contributed by atoms with E-state index in [0.29, 0.717) is 0 Å². The van der Waals surface area contributed by atoms with E-state index in [1.54, 1.807) is 6.92 Å². The molecule has 21 heavy (non-hydrogen) atoms. The van der Waals surface area contributed by atoms with Crippen molar-refractivity contribution in [3.8, 4) is 0 Å². The molecule has 0 atom stereocenters. The van der Waals surface area contributed by atoms with Crippen LogP contribution in [0, 0.1) is 5.82 Å². The van der Waals surface area contributed by atoms with Crippen LogP contribution in [-0.4, -0.2) is 38.2 Å². The van der Waals surface area contributed by atoms with Crippen molar-refractivity contribution in [1.82, 2.24) is 0 Å². The SMILES string of the molecule is CCS(=O)(=O)CCCN1C(=O)C(=O)c2cc(Br)c(F)cc21. The second kappa shape index (κ2) is 5.84. The van der Waals surface area contributed by atoms with E-state index in [2.05, 4.69) is 15.9 Å². The molecule has 1 heterocycles. The Labute approximate surface area is 130 Å². The van der Waals surface area contributed by atoms with Crippen LogP contribution in [0.2, 0.25) is 0 Å². The van der Waals surface area contributed by atoms with Gasteiger partial charge in [-0.1, -0.05) is 6.92 Å². The molecule has 114 valence electrons. The molecule has 0 fully saturated rings. The molecule has 1 aromatic carbocycles. The number of sulfone groups is 1. The number of benzene rings is 1. The van der Waals surface area contributed by atoms with E-state index in [9.17, 15) is 22.4 Å². The summed E-state index contributed by atoms with van der Waals surface area (Å²) in [6.45, 7) is 1.61. The summed E-state index contributed by atoms with van der Waals surface area (Å²) in [6.07, 6.45) is 0.201. The highest BCUT2D eigenvalue weighted by Gasteiger charge is 2.36. The van der Waals surface area contributed by atoms with Gasteiger partial charge in [0.15, 0.2) is 0 Å². The van der Waals surface area contributed by atoms with Crippen LogP contribution in [0.15, 0.2) is 16.6 Å². The molecule has 0 spiro atoms. The van der Waals surface area contributed by atoms with Gasteiger partial charge < -0.3 is 4.90 Å². The van der Waals surface area contributed by atoms with Gasteiger partial charge in [-0.25, -0.2) is 12.8 Å². The van der Waals surface area contributed by atoms with E-state index in [0.717, 1.165) is 11.0 Å². The third-order valence-corrected chi connectivity index (χ3v) is 5.69. The second-order valence-electron chi connectivity index (χ2n) is 4.66. The van der Waals surface area contributed by atoms with Crippen molar-refractivity contribution in [2.75, 3.05) is 23.0 Å². The van der Waals surface area contributed by atoms with Crippen molar-refractivity contribution >= 4 is 43.1 Å². The summed E-state index contributed by atoms with van der Waals surface area (Å²) in [5, 5.41) is 0. The van der Waals surface area contributed by atoms with Gasteiger partial charge >= 0.3 is 0 Å². The fraction of sp³-hybridized carbons (Fsp3) is 0.385. The Morgan fingerprint density at radius 2 is 1.95 bits per heavy atom. The van der Waals surface area contributed by atoms with Crippen molar-refractivity contribution < 1.29 is 22.4 Å². The summed E-state index contributed by atoms with van der Waals surface area (Å²) in [5.74, 6) is -2.09. The minimum Gasteiger partial charge on any atom is -0.305 e. The zero-order valence-corrected chi connectivity index (χ0v) is 13.6. The third-order valence-electron chi connectivity index (χ3n) is 3.29. The van der Waals surface area contributed by atoms with Crippen LogP contribution in [0.1, 0.15) is 23.7 Å². The molecule has 5 nitrogen and oxygen atoms in total. The van der Waals surface area contributed by atoms with Gasteiger partial charge in [0, 0.05) is 12.3 Å². The number of carbonyl (C=O) groups is 2.